The molecule has 0 atom stereocenters. The number of hydrogen-bond acceptors (Lipinski definition) is 5. The molecule has 0 radical (unpaired) electrons. The number of carbonyl (C=O) groups excluding carboxylic acids is 2. The Bertz CT molecular complexity index is 913. The third kappa shape index (κ3) is 3.74. The first-order valence-corrected chi connectivity index (χ1v) is 7.61. The smallest absolute Gasteiger partial charge is 0.361 e. The zero-order valence-corrected chi connectivity index (χ0v) is 13.6. The molecular weight excluding hydrogens is 320 g/mol. The fourth-order valence-corrected chi connectivity index (χ4v) is 2.33. The standard InChI is InChI=1S/C19H16N2O4/c1-12-5-7-14(8-6-12)17-16(21-11-25-17)19(23)24-10-13-3-2-4-15(9-13)18(20)22/h2-9,11H,10H2,1H3,(H2,20,22). The molecule has 1 amide bonds. The van der Waals surface area contributed by atoms with Crippen LogP contribution in [0, 0.1) is 6.92 Å². The van der Waals surface area contributed by atoms with Gasteiger partial charge in [0.1, 0.15) is 6.61 Å². The molecule has 0 aliphatic carbocycles. The van der Waals surface area contributed by atoms with Gasteiger partial charge in [-0.05, 0) is 24.6 Å². The van der Waals surface area contributed by atoms with E-state index in [0.29, 0.717) is 16.9 Å². The lowest BCUT2D eigenvalue weighted by Crippen LogP contribution is -2.12. The summed E-state index contributed by atoms with van der Waals surface area (Å²) in [5, 5.41) is 0. The summed E-state index contributed by atoms with van der Waals surface area (Å²) in [5.74, 6) is -0.781. The van der Waals surface area contributed by atoms with Crippen molar-refractivity contribution in [3.63, 3.8) is 0 Å². The monoisotopic (exact) mass is 336 g/mol. The van der Waals surface area contributed by atoms with Gasteiger partial charge in [-0.3, -0.25) is 4.79 Å². The van der Waals surface area contributed by atoms with Gasteiger partial charge in [-0.1, -0.05) is 42.0 Å². The lowest BCUT2D eigenvalue weighted by Gasteiger charge is -2.06. The Kier molecular flexibility index (Phi) is 4.61. The van der Waals surface area contributed by atoms with Crippen molar-refractivity contribution in [1.82, 2.24) is 4.98 Å². The number of nitrogens with two attached hydrogens (primary N) is 1. The highest BCUT2D eigenvalue weighted by atomic mass is 16.5. The molecule has 1 heterocycles. The van der Waals surface area contributed by atoms with Gasteiger partial charge in [0, 0.05) is 11.1 Å². The maximum absolute atomic E-state index is 12.3. The van der Waals surface area contributed by atoms with Crippen LogP contribution >= 0.6 is 0 Å². The maximum atomic E-state index is 12.3. The minimum Gasteiger partial charge on any atom is -0.456 e. The molecule has 1 aromatic heterocycles. The molecule has 0 aliphatic heterocycles. The number of nitrogens with zero attached hydrogens (tertiary/aromatic N) is 1. The summed E-state index contributed by atoms with van der Waals surface area (Å²) in [6.07, 6.45) is 1.21. The summed E-state index contributed by atoms with van der Waals surface area (Å²) < 4.78 is 10.6. The van der Waals surface area contributed by atoms with Crippen molar-refractivity contribution in [2.45, 2.75) is 13.5 Å². The average molecular weight is 336 g/mol. The molecule has 2 N–H and O–H groups in total. The van der Waals surface area contributed by atoms with E-state index in [0.717, 1.165) is 11.1 Å². The van der Waals surface area contributed by atoms with Crippen molar-refractivity contribution < 1.29 is 18.7 Å². The fourth-order valence-electron chi connectivity index (χ4n) is 2.33. The number of ether oxygens (including phenoxy) is 1. The lowest BCUT2D eigenvalue weighted by molar-refractivity contribution is 0.0467. The number of esters is 1. The Morgan fingerprint density at radius 1 is 1.16 bits per heavy atom. The SMILES string of the molecule is Cc1ccc(-c2ocnc2C(=O)OCc2cccc(C(N)=O)c2)cc1. The van der Waals surface area contributed by atoms with E-state index >= 15 is 0 Å². The predicted octanol–water partition coefficient (Wildman–Crippen LogP) is 3.11. The molecule has 0 saturated carbocycles. The van der Waals surface area contributed by atoms with Gasteiger partial charge in [0.25, 0.3) is 0 Å². The summed E-state index contributed by atoms with van der Waals surface area (Å²) in [4.78, 5) is 27.5. The summed E-state index contributed by atoms with van der Waals surface area (Å²) in [6.45, 7) is 1.97. The number of aromatic nitrogens is 1. The second kappa shape index (κ2) is 7.00. The minimum atomic E-state index is -0.603. The van der Waals surface area contributed by atoms with Crippen LogP contribution in [0.15, 0.2) is 59.3 Å². The first kappa shape index (κ1) is 16.4. The highest BCUT2D eigenvalue weighted by molar-refractivity contribution is 5.94. The Morgan fingerprint density at radius 3 is 2.64 bits per heavy atom. The number of hydrogen-bond donors (Lipinski definition) is 1. The highest BCUT2D eigenvalue weighted by Gasteiger charge is 2.19. The molecule has 0 fully saturated rings. The third-order valence-electron chi connectivity index (χ3n) is 3.66. The van der Waals surface area contributed by atoms with Crippen LogP contribution in [-0.4, -0.2) is 16.9 Å². The number of aryl methyl sites for hydroxylation is 1. The number of oxazole rings is 1. The summed E-state index contributed by atoms with van der Waals surface area (Å²) in [6, 6.07) is 14.1. The van der Waals surface area contributed by atoms with Crippen molar-refractivity contribution in [2.24, 2.45) is 5.73 Å². The van der Waals surface area contributed by atoms with E-state index < -0.39 is 11.9 Å². The van der Waals surface area contributed by atoms with E-state index in [1.54, 1.807) is 24.3 Å². The van der Waals surface area contributed by atoms with Crippen molar-refractivity contribution >= 4 is 11.9 Å². The molecule has 0 bridgehead atoms. The summed E-state index contributed by atoms with van der Waals surface area (Å²) >= 11 is 0. The summed E-state index contributed by atoms with van der Waals surface area (Å²) in [5.41, 5.74) is 8.20. The zero-order chi connectivity index (χ0) is 17.8. The number of benzene rings is 2. The van der Waals surface area contributed by atoms with Gasteiger partial charge in [0.15, 0.2) is 17.8 Å². The van der Waals surface area contributed by atoms with Gasteiger partial charge >= 0.3 is 5.97 Å². The van der Waals surface area contributed by atoms with Gasteiger partial charge in [-0.15, -0.1) is 0 Å². The van der Waals surface area contributed by atoms with E-state index in [1.807, 2.05) is 31.2 Å². The molecule has 6 heteroatoms. The lowest BCUT2D eigenvalue weighted by atomic mass is 10.1. The third-order valence-corrected chi connectivity index (χ3v) is 3.66. The van der Waals surface area contributed by atoms with Crippen LogP contribution in [0.25, 0.3) is 11.3 Å². The summed E-state index contributed by atoms with van der Waals surface area (Å²) in [7, 11) is 0. The van der Waals surface area contributed by atoms with Gasteiger partial charge < -0.3 is 14.9 Å². The number of primary amides is 1. The van der Waals surface area contributed by atoms with Gasteiger partial charge in [0.05, 0.1) is 0 Å². The average Bonchev–Trinajstić information content (AvgIpc) is 3.10. The van der Waals surface area contributed by atoms with Crippen molar-refractivity contribution in [1.29, 1.82) is 0 Å². The molecular formula is C19H16N2O4. The fraction of sp³-hybridized carbons (Fsp3) is 0.105. The number of carbonyl (C=O) groups is 2. The van der Waals surface area contributed by atoms with Crippen LogP contribution in [-0.2, 0) is 11.3 Å². The molecule has 0 aliphatic rings. The maximum Gasteiger partial charge on any atom is 0.361 e. The molecule has 126 valence electrons. The van der Waals surface area contributed by atoms with E-state index in [-0.39, 0.29) is 12.3 Å². The minimum absolute atomic E-state index is 0.000150. The van der Waals surface area contributed by atoms with Crippen LogP contribution in [0.5, 0.6) is 0 Å². The second-order valence-corrected chi connectivity index (χ2v) is 5.54. The van der Waals surface area contributed by atoms with E-state index in [1.165, 1.54) is 6.39 Å². The second-order valence-electron chi connectivity index (χ2n) is 5.54. The number of rotatable bonds is 5. The van der Waals surface area contributed by atoms with Crippen LogP contribution < -0.4 is 5.73 Å². The Morgan fingerprint density at radius 2 is 1.92 bits per heavy atom. The van der Waals surface area contributed by atoms with E-state index in [4.69, 9.17) is 14.9 Å². The molecule has 0 spiro atoms. The molecule has 6 nitrogen and oxygen atoms in total. The highest BCUT2D eigenvalue weighted by Crippen LogP contribution is 2.24. The van der Waals surface area contributed by atoms with Crippen LogP contribution in [0.3, 0.4) is 0 Å². The quantitative estimate of drug-likeness (QED) is 0.722. The largest absolute Gasteiger partial charge is 0.456 e. The van der Waals surface area contributed by atoms with Gasteiger partial charge in [-0.2, -0.15) is 0 Å². The Balaban J connectivity index is 1.74. The topological polar surface area (TPSA) is 95.4 Å². The van der Waals surface area contributed by atoms with E-state index in [2.05, 4.69) is 4.98 Å². The van der Waals surface area contributed by atoms with Crippen molar-refractivity contribution in [2.75, 3.05) is 0 Å². The molecule has 3 aromatic rings. The van der Waals surface area contributed by atoms with Gasteiger partial charge in [-0.25, -0.2) is 9.78 Å². The Hall–Kier alpha value is -3.41. The molecule has 0 unspecified atom stereocenters. The number of amides is 1. The zero-order valence-electron chi connectivity index (χ0n) is 13.6. The molecule has 0 saturated heterocycles. The molecule has 2 aromatic carbocycles. The van der Waals surface area contributed by atoms with Gasteiger partial charge in [0.2, 0.25) is 5.91 Å². The van der Waals surface area contributed by atoms with Crippen LogP contribution in [0.1, 0.15) is 32.0 Å². The van der Waals surface area contributed by atoms with E-state index in [9.17, 15) is 9.59 Å². The molecule has 3 rings (SSSR count). The Labute approximate surface area is 144 Å². The first-order chi connectivity index (χ1) is 12.0. The van der Waals surface area contributed by atoms with Crippen LogP contribution in [0.4, 0.5) is 0 Å². The first-order valence-electron chi connectivity index (χ1n) is 7.61. The van der Waals surface area contributed by atoms with Crippen molar-refractivity contribution in [3.8, 4) is 11.3 Å². The van der Waals surface area contributed by atoms with Crippen molar-refractivity contribution in [3.05, 3.63) is 77.3 Å². The normalized spacial score (nSPS) is 10.4. The van der Waals surface area contributed by atoms with Crippen LogP contribution in [0.2, 0.25) is 0 Å². The molecule has 25 heavy (non-hydrogen) atoms. The predicted molar refractivity (Wildman–Crippen MR) is 90.8 cm³/mol.